The third-order valence-electron chi connectivity index (χ3n) is 6.05. The maximum Gasteiger partial charge on any atom is 0.328 e. The van der Waals surface area contributed by atoms with Crippen molar-refractivity contribution in [3.8, 4) is 0 Å². The molecule has 0 saturated heterocycles. The third kappa shape index (κ3) is 8.13. The topological polar surface area (TPSA) is 125 Å². The number of benzene rings is 1. The molecule has 0 fully saturated rings. The van der Waals surface area contributed by atoms with Gasteiger partial charge in [0, 0.05) is 25.8 Å². The molecule has 1 aliphatic rings. The van der Waals surface area contributed by atoms with E-state index in [0.717, 1.165) is 24.0 Å². The quantitative estimate of drug-likeness (QED) is 0.185. The number of carbonyl (C=O) groups excluding carboxylic acids is 4. The van der Waals surface area contributed by atoms with Crippen LogP contribution in [0.25, 0.3) is 0 Å². The standard InChI is InChI=1S/C25H37N3O6/c1-17(2)14-20(25(32)34-3)26-24(31)21-15-18-10-8-9-11-19(18)16-28(21)23(30)13-7-5-4-6-12-22(29)27-33/h8-11,17,20-21,33H,4-7,12-16H2,1-3H3,(H,26,31)(H,27,29)/t20-,21-/m0/s1. The minimum atomic E-state index is -0.761. The molecule has 2 atom stereocenters. The molecular weight excluding hydrogens is 438 g/mol. The van der Waals surface area contributed by atoms with Crippen LogP contribution in [0.15, 0.2) is 24.3 Å². The highest BCUT2D eigenvalue weighted by atomic mass is 16.5. The predicted molar refractivity (Wildman–Crippen MR) is 126 cm³/mol. The van der Waals surface area contributed by atoms with Crippen molar-refractivity contribution in [3.63, 3.8) is 0 Å². The number of hydroxylamine groups is 1. The molecule has 9 heteroatoms. The fourth-order valence-electron chi connectivity index (χ4n) is 4.23. The van der Waals surface area contributed by atoms with Crippen LogP contribution in [0.4, 0.5) is 0 Å². The summed E-state index contributed by atoms with van der Waals surface area (Å²) < 4.78 is 4.87. The summed E-state index contributed by atoms with van der Waals surface area (Å²) >= 11 is 0. The van der Waals surface area contributed by atoms with E-state index in [1.165, 1.54) is 7.11 Å². The van der Waals surface area contributed by atoms with E-state index in [1.54, 1.807) is 10.4 Å². The molecule has 0 bridgehead atoms. The number of methoxy groups -OCH3 is 1. The molecule has 0 radical (unpaired) electrons. The fourth-order valence-corrected chi connectivity index (χ4v) is 4.23. The van der Waals surface area contributed by atoms with Crippen LogP contribution in [-0.4, -0.2) is 53.0 Å². The van der Waals surface area contributed by atoms with E-state index in [-0.39, 0.29) is 24.2 Å². The summed E-state index contributed by atoms with van der Waals surface area (Å²) in [6, 6.07) is 6.30. The second-order valence-electron chi connectivity index (χ2n) is 9.17. The largest absolute Gasteiger partial charge is 0.467 e. The highest BCUT2D eigenvalue weighted by Gasteiger charge is 2.36. The predicted octanol–water partition coefficient (Wildman–Crippen LogP) is 2.49. The Balaban J connectivity index is 2.05. The minimum absolute atomic E-state index is 0.110. The Hall–Kier alpha value is -2.94. The molecule has 9 nitrogen and oxygen atoms in total. The average molecular weight is 476 g/mol. The summed E-state index contributed by atoms with van der Waals surface area (Å²) in [5, 5.41) is 11.3. The van der Waals surface area contributed by atoms with Crippen LogP contribution in [0.3, 0.4) is 0 Å². The monoisotopic (exact) mass is 475 g/mol. The van der Waals surface area contributed by atoms with Gasteiger partial charge in [0.2, 0.25) is 17.7 Å². The zero-order valence-electron chi connectivity index (χ0n) is 20.3. The van der Waals surface area contributed by atoms with Crippen LogP contribution < -0.4 is 10.8 Å². The van der Waals surface area contributed by atoms with E-state index in [9.17, 15) is 19.2 Å². The Kier molecular flexibility index (Phi) is 11.0. The first-order valence-corrected chi connectivity index (χ1v) is 11.9. The lowest BCUT2D eigenvalue weighted by molar-refractivity contribution is -0.147. The summed E-state index contributed by atoms with van der Waals surface area (Å²) in [6.07, 6.45) is 4.19. The van der Waals surface area contributed by atoms with Crippen molar-refractivity contribution >= 4 is 23.7 Å². The van der Waals surface area contributed by atoms with Gasteiger partial charge in [0.1, 0.15) is 12.1 Å². The van der Waals surface area contributed by atoms with Crippen LogP contribution in [0, 0.1) is 5.92 Å². The van der Waals surface area contributed by atoms with Gasteiger partial charge in [0.15, 0.2) is 0 Å². The molecule has 0 aromatic heterocycles. The Morgan fingerprint density at radius 3 is 2.32 bits per heavy atom. The number of fused-ring (bicyclic) bond motifs is 1. The molecule has 0 spiro atoms. The van der Waals surface area contributed by atoms with Gasteiger partial charge in [0.05, 0.1) is 7.11 Å². The van der Waals surface area contributed by atoms with Gasteiger partial charge in [-0.1, -0.05) is 51.0 Å². The molecule has 1 aromatic rings. The first-order valence-electron chi connectivity index (χ1n) is 11.9. The number of rotatable bonds is 12. The Labute approximate surface area is 201 Å². The molecular formula is C25H37N3O6. The van der Waals surface area contributed by atoms with Gasteiger partial charge >= 0.3 is 5.97 Å². The van der Waals surface area contributed by atoms with E-state index in [0.29, 0.717) is 38.6 Å². The third-order valence-corrected chi connectivity index (χ3v) is 6.05. The van der Waals surface area contributed by atoms with Crippen molar-refractivity contribution < 1.29 is 29.1 Å². The maximum atomic E-state index is 13.3. The van der Waals surface area contributed by atoms with Crippen LogP contribution in [-0.2, 0) is 36.9 Å². The van der Waals surface area contributed by atoms with Crippen molar-refractivity contribution in [2.75, 3.05) is 7.11 Å². The number of ether oxygens (including phenoxy) is 1. The molecule has 3 amide bonds. The fraction of sp³-hybridized carbons (Fsp3) is 0.600. The number of carbonyl (C=O) groups is 4. The molecule has 188 valence electrons. The lowest BCUT2D eigenvalue weighted by Gasteiger charge is -2.37. The van der Waals surface area contributed by atoms with Crippen LogP contribution in [0.2, 0.25) is 0 Å². The van der Waals surface area contributed by atoms with Crippen LogP contribution in [0.1, 0.15) is 69.9 Å². The first kappa shape index (κ1) is 27.3. The van der Waals surface area contributed by atoms with Gasteiger partial charge in [0.25, 0.3) is 0 Å². The normalized spacial score (nSPS) is 15.9. The molecule has 0 unspecified atom stereocenters. The number of esters is 1. The highest BCUT2D eigenvalue weighted by molar-refractivity contribution is 5.91. The number of nitrogens with zero attached hydrogens (tertiary/aromatic N) is 1. The first-order chi connectivity index (χ1) is 16.3. The van der Waals surface area contributed by atoms with Crippen molar-refractivity contribution in [2.45, 2.75) is 83.8 Å². The van der Waals surface area contributed by atoms with E-state index in [2.05, 4.69) is 5.32 Å². The Morgan fingerprint density at radius 2 is 1.71 bits per heavy atom. The van der Waals surface area contributed by atoms with Gasteiger partial charge < -0.3 is 15.0 Å². The molecule has 2 rings (SSSR count). The zero-order chi connectivity index (χ0) is 25.1. The molecule has 0 saturated carbocycles. The maximum absolute atomic E-state index is 13.3. The Morgan fingerprint density at radius 1 is 1.06 bits per heavy atom. The minimum Gasteiger partial charge on any atom is -0.467 e. The molecule has 3 N–H and O–H groups in total. The smallest absolute Gasteiger partial charge is 0.328 e. The van der Waals surface area contributed by atoms with Crippen LogP contribution >= 0.6 is 0 Å². The van der Waals surface area contributed by atoms with E-state index >= 15 is 0 Å². The molecule has 1 heterocycles. The highest BCUT2D eigenvalue weighted by Crippen LogP contribution is 2.25. The lowest BCUT2D eigenvalue weighted by atomic mass is 9.92. The summed E-state index contributed by atoms with van der Waals surface area (Å²) in [7, 11) is 1.30. The van der Waals surface area contributed by atoms with Gasteiger partial charge in [-0.2, -0.15) is 0 Å². The van der Waals surface area contributed by atoms with E-state index < -0.39 is 24.0 Å². The van der Waals surface area contributed by atoms with Gasteiger partial charge in [-0.15, -0.1) is 0 Å². The molecule has 1 aromatic carbocycles. The zero-order valence-corrected chi connectivity index (χ0v) is 20.3. The van der Waals surface area contributed by atoms with Crippen molar-refractivity contribution in [1.82, 2.24) is 15.7 Å². The van der Waals surface area contributed by atoms with Crippen molar-refractivity contribution in [2.24, 2.45) is 5.92 Å². The lowest BCUT2D eigenvalue weighted by Crippen LogP contribution is -2.55. The molecule has 34 heavy (non-hydrogen) atoms. The number of amides is 3. The van der Waals surface area contributed by atoms with Crippen LogP contribution in [0.5, 0.6) is 0 Å². The average Bonchev–Trinajstić information content (AvgIpc) is 2.83. The Bertz CT molecular complexity index is 857. The van der Waals surface area contributed by atoms with E-state index in [4.69, 9.17) is 9.94 Å². The van der Waals surface area contributed by atoms with Gasteiger partial charge in [-0.25, -0.2) is 10.3 Å². The SMILES string of the molecule is COC(=O)[C@H](CC(C)C)NC(=O)[C@@H]1Cc2ccccc2CN1C(=O)CCCCCCC(=O)NO. The summed E-state index contributed by atoms with van der Waals surface area (Å²) in [6.45, 7) is 4.27. The van der Waals surface area contributed by atoms with Gasteiger partial charge in [-0.05, 0) is 36.3 Å². The molecule has 0 aliphatic carbocycles. The summed E-state index contributed by atoms with van der Waals surface area (Å²) in [4.78, 5) is 51.3. The number of nitrogens with one attached hydrogen (secondary N) is 2. The van der Waals surface area contributed by atoms with E-state index in [1.807, 2.05) is 38.1 Å². The van der Waals surface area contributed by atoms with Gasteiger partial charge in [-0.3, -0.25) is 19.6 Å². The number of unbranched alkanes of at least 4 members (excludes halogenated alkanes) is 3. The van der Waals surface area contributed by atoms with Crippen molar-refractivity contribution in [3.05, 3.63) is 35.4 Å². The number of hydrogen-bond acceptors (Lipinski definition) is 6. The summed E-state index contributed by atoms with van der Waals surface area (Å²) in [5.41, 5.74) is 3.64. The second-order valence-corrected chi connectivity index (χ2v) is 9.17. The second kappa shape index (κ2) is 13.7. The molecule has 1 aliphatic heterocycles. The summed E-state index contributed by atoms with van der Waals surface area (Å²) in [5.74, 6) is -1.20. The van der Waals surface area contributed by atoms with Crippen molar-refractivity contribution in [1.29, 1.82) is 0 Å². The number of hydrogen-bond donors (Lipinski definition) is 3.